The molecule has 0 heterocycles. The van der Waals surface area contributed by atoms with Crippen molar-refractivity contribution in [3.05, 3.63) is 33.8 Å². The lowest BCUT2D eigenvalue weighted by Gasteiger charge is -2.36. The van der Waals surface area contributed by atoms with E-state index in [0.717, 1.165) is 35.7 Å². The van der Waals surface area contributed by atoms with E-state index >= 15 is 0 Å². The number of hydrogen-bond donors (Lipinski definition) is 2. The molecule has 3 nitrogen and oxygen atoms in total. The molecule has 1 aliphatic carbocycles. The first-order valence-electron chi connectivity index (χ1n) is 6.75. The highest BCUT2D eigenvalue weighted by atomic mass is 79.9. The molecule has 1 aromatic carbocycles. The van der Waals surface area contributed by atoms with Gasteiger partial charge in [0.25, 0.3) is 5.91 Å². The Hall–Kier alpha value is -0.870. The van der Waals surface area contributed by atoms with Gasteiger partial charge in [0.2, 0.25) is 0 Å². The van der Waals surface area contributed by atoms with Crippen LogP contribution >= 0.6 is 15.9 Å². The van der Waals surface area contributed by atoms with Crippen molar-refractivity contribution in [3.8, 4) is 0 Å². The average molecular weight is 326 g/mol. The summed E-state index contributed by atoms with van der Waals surface area (Å²) in [6, 6.07) is 5.66. The molecule has 4 heteroatoms. The number of amides is 1. The summed E-state index contributed by atoms with van der Waals surface area (Å²) in [4.78, 5) is 12.3. The molecule has 0 atom stereocenters. The summed E-state index contributed by atoms with van der Waals surface area (Å²) in [6.07, 6.45) is 5.05. The fourth-order valence-corrected chi connectivity index (χ4v) is 3.34. The number of benzene rings is 1. The molecule has 1 aliphatic rings. The number of halogens is 1. The van der Waals surface area contributed by atoms with E-state index < -0.39 is 5.54 Å². The van der Waals surface area contributed by atoms with Gasteiger partial charge >= 0.3 is 0 Å². The van der Waals surface area contributed by atoms with Crippen LogP contribution in [0.15, 0.2) is 22.7 Å². The van der Waals surface area contributed by atoms with Gasteiger partial charge in [0.05, 0.1) is 12.1 Å². The third-order valence-corrected chi connectivity index (χ3v) is 4.25. The monoisotopic (exact) mass is 325 g/mol. The lowest BCUT2D eigenvalue weighted by Crippen LogP contribution is -2.52. The normalized spacial score (nSPS) is 18.1. The van der Waals surface area contributed by atoms with Gasteiger partial charge in [-0.3, -0.25) is 4.79 Å². The predicted octanol–water partition coefficient (Wildman–Crippen LogP) is 3.18. The van der Waals surface area contributed by atoms with E-state index in [4.69, 9.17) is 0 Å². The molecule has 2 N–H and O–H groups in total. The van der Waals surface area contributed by atoms with E-state index in [-0.39, 0.29) is 12.5 Å². The van der Waals surface area contributed by atoms with E-state index in [1.165, 1.54) is 6.42 Å². The van der Waals surface area contributed by atoms with Crippen LogP contribution in [0.5, 0.6) is 0 Å². The highest BCUT2D eigenvalue weighted by Gasteiger charge is 2.33. The molecule has 0 saturated heterocycles. The smallest absolute Gasteiger partial charge is 0.251 e. The van der Waals surface area contributed by atoms with Gasteiger partial charge in [-0.2, -0.15) is 0 Å². The maximum atomic E-state index is 12.3. The summed E-state index contributed by atoms with van der Waals surface area (Å²) in [5.41, 5.74) is 1.26. The summed E-state index contributed by atoms with van der Waals surface area (Å²) >= 11 is 3.41. The molecule has 0 radical (unpaired) electrons. The van der Waals surface area contributed by atoms with Gasteiger partial charge in [-0.15, -0.1) is 0 Å². The lowest BCUT2D eigenvalue weighted by molar-refractivity contribution is 0.0758. The third-order valence-electron chi connectivity index (χ3n) is 3.80. The fourth-order valence-electron chi connectivity index (χ4n) is 2.73. The standard InChI is InChI=1S/C15H20BrNO2/c1-11-7-12(9-13(16)8-11)14(19)17-15(10-18)5-3-2-4-6-15/h7-9,18H,2-6,10H2,1H3,(H,17,19). The lowest BCUT2D eigenvalue weighted by atomic mass is 9.82. The minimum Gasteiger partial charge on any atom is -0.394 e. The first-order valence-corrected chi connectivity index (χ1v) is 7.55. The van der Waals surface area contributed by atoms with Crippen LogP contribution in [0.25, 0.3) is 0 Å². The van der Waals surface area contributed by atoms with Gasteiger partial charge in [0.15, 0.2) is 0 Å². The van der Waals surface area contributed by atoms with Crippen LogP contribution in [0.4, 0.5) is 0 Å². The molecule has 1 fully saturated rings. The number of carbonyl (C=O) groups is 1. The Labute approximate surface area is 122 Å². The number of aliphatic hydroxyl groups excluding tert-OH is 1. The number of nitrogens with one attached hydrogen (secondary N) is 1. The largest absolute Gasteiger partial charge is 0.394 e. The van der Waals surface area contributed by atoms with Crippen LogP contribution in [0.2, 0.25) is 0 Å². The molecule has 0 bridgehead atoms. The van der Waals surface area contributed by atoms with Crippen molar-refractivity contribution in [3.63, 3.8) is 0 Å². The second-order valence-electron chi connectivity index (χ2n) is 5.47. The molecule has 0 unspecified atom stereocenters. The topological polar surface area (TPSA) is 49.3 Å². The molecule has 19 heavy (non-hydrogen) atoms. The van der Waals surface area contributed by atoms with Gasteiger partial charge in [-0.1, -0.05) is 35.2 Å². The van der Waals surface area contributed by atoms with Gasteiger partial charge in [-0.05, 0) is 43.5 Å². The maximum absolute atomic E-state index is 12.3. The molecule has 1 aromatic rings. The predicted molar refractivity (Wildman–Crippen MR) is 79.2 cm³/mol. The quantitative estimate of drug-likeness (QED) is 0.896. The molecule has 1 saturated carbocycles. The summed E-state index contributed by atoms with van der Waals surface area (Å²) in [5, 5.41) is 12.7. The maximum Gasteiger partial charge on any atom is 0.251 e. The molecule has 0 spiro atoms. The number of aliphatic hydroxyl groups is 1. The zero-order valence-electron chi connectivity index (χ0n) is 11.2. The zero-order valence-corrected chi connectivity index (χ0v) is 12.8. The van der Waals surface area contributed by atoms with Gasteiger partial charge in [0, 0.05) is 10.0 Å². The molecular formula is C15H20BrNO2. The molecular weight excluding hydrogens is 306 g/mol. The summed E-state index contributed by atoms with van der Waals surface area (Å²) in [7, 11) is 0. The first-order chi connectivity index (χ1) is 9.04. The van der Waals surface area contributed by atoms with Crippen LogP contribution in [-0.4, -0.2) is 23.2 Å². The van der Waals surface area contributed by atoms with Crippen molar-refractivity contribution >= 4 is 21.8 Å². The van der Waals surface area contributed by atoms with Crippen LogP contribution in [0.1, 0.15) is 48.0 Å². The minimum absolute atomic E-state index is 0.0196. The molecule has 1 amide bonds. The Morgan fingerprint density at radius 3 is 2.58 bits per heavy atom. The van der Waals surface area contributed by atoms with Crippen molar-refractivity contribution in [2.75, 3.05) is 6.61 Å². The van der Waals surface area contributed by atoms with Crippen molar-refractivity contribution in [1.29, 1.82) is 0 Å². The first kappa shape index (κ1) is 14.5. The summed E-state index contributed by atoms with van der Waals surface area (Å²) < 4.78 is 0.902. The second-order valence-corrected chi connectivity index (χ2v) is 6.39. The SMILES string of the molecule is Cc1cc(Br)cc(C(=O)NC2(CO)CCCCC2)c1. The van der Waals surface area contributed by atoms with Gasteiger partial charge in [0.1, 0.15) is 0 Å². The van der Waals surface area contributed by atoms with E-state index in [1.54, 1.807) is 0 Å². The number of hydrogen-bond acceptors (Lipinski definition) is 2. The molecule has 104 valence electrons. The van der Waals surface area contributed by atoms with Crippen molar-refractivity contribution in [2.45, 2.75) is 44.6 Å². The molecule has 0 aliphatic heterocycles. The Kier molecular flexibility index (Phi) is 4.63. The highest BCUT2D eigenvalue weighted by molar-refractivity contribution is 9.10. The molecule has 2 rings (SSSR count). The Morgan fingerprint density at radius 2 is 2.00 bits per heavy atom. The van der Waals surface area contributed by atoms with Crippen molar-refractivity contribution in [2.24, 2.45) is 0 Å². The van der Waals surface area contributed by atoms with Gasteiger partial charge in [-0.25, -0.2) is 0 Å². The summed E-state index contributed by atoms with van der Waals surface area (Å²) in [5.74, 6) is -0.0969. The number of carbonyl (C=O) groups excluding carboxylic acids is 1. The van der Waals surface area contributed by atoms with E-state index in [2.05, 4.69) is 21.2 Å². The van der Waals surface area contributed by atoms with Crippen LogP contribution < -0.4 is 5.32 Å². The highest BCUT2D eigenvalue weighted by Crippen LogP contribution is 2.28. The van der Waals surface area contributed by atoms with E-state index in [9.17, 15) is 9.90 Å². The van der Waals surface area contributed by atoms with Crippen LogP contribution in [0, 0.1) is 6.92 Å². The van der Waals surface area contributed by atoms with E-state index in [0.29, 0.717) is 5.56 Å². The Morgan fingerprint density at radius 1 is 1.32 bits per heavy atom. The van der Waals surface area contributed by atoms with Crippen molar-refractivity contribution < 1.29 is 9.90 Å². The van der Waals surface area contributed by atoms with Crippen LogP contribution in [0.3, 0.4) is 0 Å². The Bertz CT molecular complexity index is 447. The average Bonchev–Trinajstić information content (AvgIpc) is 2.38. The zero-order chi connectivity index (χ0) is 13.9. The van der Waals surface area contributed by atoms with Crippen LogP contribution in [-0.2, 0) is 0 Å². The van der Waals surface area contributed by atoms with E-state index in [1.807, 2.05) is 25.1 Å². The Balaban J connectivity index is 2.15. The number of rotatable bonds is 3. The third kappa shape index (κ3) is 3.57. The number of aryl methyl sites for hydroxylation is 1. The summed E-state index contributed by atoms with van der Waals surface area (Å²) in [6.45, 7) is 1.98. The minimum atomic E-state index is -0.425. The fraction of sp³-hybridized carbons (Fsp3) is 0.533. The molecule has 0 aromatic heterocycles. The van der Waals surface area contributed by atoms with Gasteiger partial charge < -0.3 is 10.4 Å². The van der Waals surface area contributed by atoms with Crippen molar-refractivity contribution in [1.82, 2.24) is 5.32 Å². The second kappa shape index (κ2) is 6.06.